The Kier molecular flexibility index (Phi) is 5.62. The molecule has 5 heteroatoms. The van der Waals surface area contributed by atoms with Gasteiger partial charge in [-0.05, 0) is 58.2 Å². The zero-order valence-corrected chi connectivity index (χ0v) is 13.9. The molecular weight excluding hydrogens is 357 g/mol. The van der Waals surface area contributed by atoms with Gasteiger partial charge in [-0.3, -0.25) is 0 Å². The number of halogens is 3. The fourth-order valence-corrected chi connectivity index (χ4v) is 2.75. The normalized spacial score (nSPS) is 13.8. The highest BCUT2D eigenvalue weighted by Gasteiger charge is 2.21. The highest BCUT2D eigenvalue weighted by molar-refractivity contribution is 9.10. The van der Waals surface area contributed by atoms with E-state index in [0.717, 1.165) is 16.5 Å². The molecule has 112 valence electrons. The molecule has 21 heavy (non-hydrogen) atoms. The van der Waals surface area contributed by atoms with Crippen LogP contribution in [0.15, 0.2) is 46.9 Å². The summed E-state index contributed by atoms with van der Waals surface area (Å²) in [5, 5.41) is 0.618. The van der Waals surface area contributed by atoms with E-state index in [2.05, 4.69) is 15.9 Å². The lowest BCUT2D eigenvalue weighted by molar-refractivity contribution is 0.170. The molecule has 0 saturated heterocycles. The van der Waals surface area contributed by atoms with Gasteiger partial charge in [0.15, 0.2) is 0 Å². The highest BCUT2D eigenvalue weighted by Crippen LogP contribution is 2.33. The van der Waals surface area contributed by atoms with Gasteiger partial charge in [0, 0.05) is 11.1 Å². The molecule has 0 aliphatic carbocycles. The van der Waals surface area contributed by atoms with Crippen molar-refractivity contribution in [1.82, 2.24) is 0 Å². The van der Waals surface area contributed by atoms with E-state index in [-0.39, 0.29) is 18.0 Å². The molecule has 0 aliphatic heterocycles. The van der Waals surface area contributed by atoms with Crippen LogP contribution in [0.2, 0.25) is 5.02 Å². The molecule has 0 heterocycles. The first-order chi connectivity index (χ1) is 10.0. The summed E-state index contributed by atoms with van der Waals surface area (Å²) >= 11 is 9.35. The van der Waals surface area contributed by atoms with E-state index < -0.39 is 0 Å². The first kappa shape index (κ1) is 16.3. The van der Waals surface area contributed by atoms with Gasteiger partial charge in [0.05, 0.1) is 4.47 Å². The molecule has 0 spiro atoms. The Morgan fingerprint density at radius 1 is 1.24 bits per heavy atom. The molecule has 2 rings (SSSR count). The van der Waals surface area contributed by atoms with Crippen molar-refractivity contribution in [1.29, 1.82) is 0 Å². The highest BCUT2D eigenvalue weighted by atomic mass is 79.9. The Hall–Kier alpha value is -1.10. The van der Waals surface area contributed by atoms with Crippen molar-refractivity contribution in [2.24, 2.45) is 5.73 Å². The summed E-state index contributed by atoms with van der Waals surface area (Å²) in [5.41, 5.74) is 7.00. The average molecular weight is 373 g/mol. The van der Waals surface area contributed by atoms with Crippen LogP contribution < -0.4 is 10.5 Å². The molecule has 0 bridgehead atoms. The van der Waals surface area contributed by atoms with E-state index in [9.17, 15) is 4.39 Å². The standard InChI is InChI=1S/C16H16BrClFNO/c1-2-14(20)16(10-3-6-12(19)7-4-10)21-15-8-5-11(18)9-13(15)17/h3-9,14,16H,2,20H2,1H3. The van der Waals surface area contributed by atoms with Crippen molar-refractivity contribution in [2.45, 2.75) is 25.5 Å². The van der Waals surface area contributed by atoms with Crippen molar-refractivity contribution >= 4 is 27.5 Å². The average Bonchev–Trinajstić information content (AvgIpc) is 2.47. The number of hydrogen-bond donors (Lipinski definition) is 1. The maximum Gasteiger partial charge on any atom is 0.139 e. The third-order valence-electron chi connectivity index (χ3n) is 3.21. The molecule has 2 aromatic rings. The third-order valence-corrected chi connectivity index (χ3v) is 4.06. The summed E-state index contributed by atoms with van der Waals surface area (Å²) in [4.78, 5) is 0. The van der Waals surface area contributed by atoms with Gasteiger partial charge in [0.1, 0.15) is 17.7 Å². The quantitative estimate of drug-likeness (QED) is 0.792. The van der Waals surface area contributed by atoms with Crippen LogP contribution in [0.3, 0.4) is 0 Å². The minimum Gasteiger partial charge on any atom is -0.483 e. The molecular formula is C16H16BrClFNO. The molecule has 2 nitrogen and oxygen atoms in total. The Morgan fingerprint density at radius 2 is 1.90 bits per heavy atom. The number of benzene rings is 2. The molecule has 2 unspecified atom stereocenters. The number of rotatable bonds is 5. The van der Waals surface area contributed by atoms with Crippen LogP contribution in [-0.2, 0) is 0 Å². The fraction of sp³-hybridized carbons (Fsp3) is 0.250. The molecule has 2 N–H and O–H groups in total. The van der Waals surface area contributed by atoms with Crippen LogP contribution in [0.5, 0.6) is 5.75 Å². The van der Waals surface area contributed by atoms with E-state index in [1.54, 1.807) is 30.3 Å². The molecule has 0 fully saturated rings. The van der Waals surface area contributed by atoms with Gasteiger partial charge >= 0.3 is 0 Å². The molecule has 0 aliphatic rings. The van der Waals surface area contributed by atoms with Gasteiger partial charge in [-0.1, -0.05) is 30.7 Å². The van der Waals surface area contributed by atoms with Crippen LogP contribution in [0.4, 0.5) is 4.39 Å². The van der Waals surface area contributed by atoms with Gasteiger partial charge in [-0.15, -0.1) is 0 Å². The Labute approximate surface area is 137 Å². The third kappa shape index (κ3) is 4.19. The zero-order valence-electron chi connectivity index (χ0n) is 11.5. The second-order valence-corrected chi connectivity index (χ2v) is 6.03. The monoisotopic (exact) mass is 371 g/mol. The maximum absolute atomic E-state index is 13.1. The van der Waals surface area contributed by atoms with Crippen molar-refractivity contribution in [3.05, 3.63) is 63.3 Å². The molecule has 0 amide bonds. The summed E-state index contributed by atoms with van der Waals surface area (Å²) in [6.07, 6.45) is 0.390. The first-order valence-corrected chi connectivity index (χ1v) is 7.81. The molecule has 0 radical (unpaired) electrons. The van der Waals surface area contributed by atoms with Gasteiger partial charge in [0.25, 0.3) is 0 Å². The van der Waals surface area contributed by atoms with E-state index in [1.807, 2.05) is 6.92 Å². The van der Waals surface area contributed by atoms with E-state index in [0.29, 0.717) is 10.8 Å². The predicted octanol–water partition coefficient (Wildman–Crippen LogP) is 5.10. The summed E-state index contributed by atoms with van der Waals surface area (Å²) in [6, 6.07) is 11.3. The Morgan fingerprint density at radius 3 is 2.48 bits per heavy atom. The molecule has 2 atom stereocenters. The van der Waals surface area contributed by atoms with Crippen molar-refractivity contribution in [3.8, 4) is 5.75 Å². The van der Waals surface area contributed by atoms with Gasteiger partial charge in [-0.25, -0.2) is 4.39 Å². The van der Waals surface area contributed by atoms with Crippen molar-refractivity contribution in [3.63, 3.8) is 0 Å². The lowest BCUT2D eigenvalue weighted by Gasteiger charge is -2.25. The lowest BCUT2D eigenvalue weighted by Crippen LogP contribution is -2.31. The van der Waals surface area contributed by atoms with Crippen LogP contribution in [0.25, 0.3) is 0 Å². The molecule has 2 aromatic carbocycles. The van der Waals surface area contributed by atoms with Crippen LogP contribution in [0.1, 0.15) is 25.0 Å². The number of ether oxygens (including phenoxy) is 1. The maximum atomic E-state index is 13.1. The Balaban J connectivity index is 2.30. The summed E-state index contributed by atoms with van der Waals surface area (Å²) in [6.45, 7) is 1.99. The SMILES string of the molecule is CCC(N)C(Oc1ccc(Cl)cc1Br)c1ccc(F)cc1. The molecule has 0 aromatic heterocycles. The summed E-state index contributed by atoms with van der Waals surface area (Å²) in [5.74, 6) is 0.368. The zero-order chi connectivity index (χ0) is 15.4. The molecule has 0 saturated carbocycles. The summed E-state index contributed by atoms with van der Waals surface area (Å²) in [7, 11) is 0. The van der Waals surface area contributed by atoms with E-state index in [1.165, 1.54) is 12.1 Å². The van der Waals surface area contributed by atoms with Gasteiger partial charge in [0.2, 0.25) is 0 Å². The number of hydrogen-bond acceptors (Lipinski definition) is 2. The Bertz CT molecular complexity index is 606. The summed E-state index contributed by atoms with van der Waals surface area (Å²) < 4.78 is 19.9. The van der Waals surface area contributed by atoms with Gasteiger partial charge in [-0.2, -0.15) is 0 Å². The first-order valence-electron chi connectivity index (χ1n) is 6.64. The van der Waals surface area contributed by atoms with Crippen molar-refractivity contribution in [2.75, 3.05) is 0 Å². The topological polar surface area (TPSA) is 35.2 Å². The largest absolute Gasteiger partial charge is 0.483 e. The second-order valence-electron chi connectivity index (χ2n) is 4.74. The number of nitrogens with two attached hydrogens (primary N) is 1. The smallest absolute Gasteiger partial charge is 0.139 e. The van der Waals surface area contributed by atoms with E-state index in [4.69, 9.17) is 22.1 Å². The van der Waals surface area contributed by atoms with Crippen molar-refractivity contribution < 1.29 is 9.13 Å². The predicted molar refractivity (Wildman–Crippen MR) is 87.2 cm³/mol. The minimum atomic E-state index is -0.354. The van der Waals surface area contributed by atoms with Crippen LogP contribution in [-0.4, -0.2) is 6.04 Å². The fourth-order valence-electron chi connectivity index (χ4n) is 1.98. The van der Waals surface area contributed by atoms with Crippen LogP contribution in [0, 0.1) is 5.82 Å². The second kappa shape index (κ2) is 7.25. The van der Waals surface area contributed by atoms with Crippen LogP contribution >= 0.6 is 27.5 Å². The minimum absolute atomic E-state index is 0.196. The van der Waals surface area contributed by atoms with E-state index >= 15 is 0 Å². The lowest BCUT2D eigenvalue weighted by atomic mass is 10.0. The van der Waals surface area contributed by atoms with Gasteiger partial charge < -0.3 is 10.5 Å².